The van der Waals surface area contributed by atoms with E-state index in [2.05, 4.69) is 24.4 Å². The van der Waals surface area contributed by atoms with E-state index >= 15 is 0 Å². The van der Waals surface area contributed by atoms with Crippen LogP contribution in [0.1, 0.15) is 36.5 Å². The molecule has 0 spiro atoms. The Morgan fingerprint density at radius 1 is 1.39 bits per heavy atom. The van der Waals surface area contributed by atoms with Gasteiger partial charge in [0.25, 0.3) is 0 Å². The lowest BCUT2D eigenvalue weighted by atomic mass is 9.99. The van der Waals surface area contributed by atoms with Gasteiger partial charge in [-0.25, -0.2) is 0 Å². The molecule has 0 bridgehead atoms. The number of amides is 1. The Bertz CT molecular complexity index is 415. The third-order valence-corrected chi connectivity index (χ3v) is 3.26. The summed E-state index contributed by atoms with van der Waals surface area (Å²) in [5.41, 5.74) is 3.70. The van der Waals surface area contributed by atoms with Crippen molar-refractivity contribution >= 4 is 5.91 Å². The van der Waals surface area contributed by atoms with Crippen LogP contribution in [-0.2, 0) is 29.0 Å². The minimum Gasteiger partial charge on any atom is -0.376 e. The molecule has 0 saturated carbocycles. The molecule has 18 heavy (non-hydrogen) atoms. The summed E-state index contributed by atoms with van der Waals surface area (Å²) in [6.07, 6.45) is 3.60. The molecule has 0 aliphatic carbocycles. The Morgan fingerprint density at radius 2 is 2.28 bits per heavy atom. The van der Waals surface area contributed by atoms with Gasteiger partial charge in [0.1, 0.15) is 0 Å². The molecule has 0 atom stereocenters. The van der Waals surface area contributed by atoms with Gasteiger partial charge in [0.2, 0.25) is 5.91 Å². The van der Waals surface area contributed by atoms with Crippen molar-refractivity contribution in [1.82, 2.24) is 5.32 Å². The standard InChI is InChI=1S/C15H21NO2/c1-2-3-7-16-15(17)10-12-4-5-14-11-18-8-6-13(14)9-12/h4-5,9H,2-3,6-8,10-11H2,1H3,(H,16,17). The zero-order valence-electron chi connectivity index (χ0n) is 11.0. The van der Waals surface area contributed by atoms with Crippen LogP contribution in [0.3, 0.4) is 0 Å². The number of rotatable bonds is 5. The highest BCUT2D eigenvalue weighted by Gasteiger charge is 2.11. The average molecular weight is 247 g/mol. The van der Waals surface area contributed by atoms with E-state index in [1.54, 1.807) is 0 Å². The predicted octanol–water partition coefficient (Wildman–Crippen LogP) is 2.22. The number of hydrogen-bond donors (Lipinski definition) is 1. The fourth-order valence-electron chi connectivity index (χ4n) is 2.18. The van der Waals surface area contributed by atoms with Crippen molar-refractivity contribution < 1.29 is 9.53 Å². The lowest BCUT2D eigenvalue weighted by molar-refractivity contribution is -0.120. The fourth-order valence-corrected chi connectivity index (χ4v) is 2.18. The summed E-state index contributed by atoms with van der Waals surface area (Å²) in [4.78, 5) is 11.7. The smallest absolute Gasteiger partial charge is 0.224 e. The summed E-state index contributed by atoms with van der Waals surface area (Å²) >= 11 is 0. The number of fused-ring (bicyclic) bond motifs is 1. The van der Waals surface area contributed by atoms with E-state index in [1.807, 2.05) is 6.07 Å². The molecule has 98 valence electrons. The first-order chi connectivity index (χ1) is 8.79. The molecule has 1 aromatic rings. The molecule has 0 radical (unpaired) electrons. The summed E-state index contributed by atoms with van der Waals surface area (Å²) in [7, 11) is 0. The Labute approximate surface area is 109 Å². The van der Waals surface area contributed by atoms with Gasteiger partial charge in [-0.15, -0.1) is 0 Å². The van der Waals surface area contributed by atoms with Crippen LogP contribution >= 0.6 is 0 Å². The van der Waals surface area contributed by atoms with Crippen LogP contribution in [-0.4, -0.2) is 19.1 Å². The zero-order valence-corrected chi connectivity index (χ0v) is 11.0. The molecule has 0 aromatic heterocycles. The average Bonchev–Trinajstić information content (AvgIpc) is 2.39. The number of hydrogen-bond acceptors (Lipinski definition) is 2. The fraction of sp³-hybridized carbons (Fsp3) is 0.533. The molecule has 1 aromatic carbocycles. The van der Waals surface area contributed by atoms with Crippen molar-refractivity contribution in [3.63, 3.8) is 0 Å². The summed E-state index contributed by atoms with van der Waals surface area (Å²) in [6, 6.07) is 6.27. The molecule has 3 nitrogen and oxygen atoms in total. The summed E-state index contributed by atoms with van der Waals surface area (Å²) in [5.74, 6) is 0.121. The predicted molar refractivity (Wildman–Crippen MR) is 71.4 cm³/mol. The van der Waals surface area contributed by atoms with Crippen molar-refractivity contribution in [2.24, 2.45) is 0 Å². The Balaban J connectivity index is 1.91. The van der Waals surface area contributed by atoms with Crippen LogP contribution in [0.15, 0.2) is 18.2 Å². The topological polar surface area (TPSA) is 38.3 Å². The second-order valence-corrected chi connectivity index (χ2v) is 4.79. The minimum atomic E-state index is 0.121. The van der Waals surface area contributed by atoms with E-state index in [9.17, 15) is 4.79 Å². The van der Waals surface area contributed by atoms with Crippen molar-refractivity contribution in [2.75, 3.05) is 13.2 Å². The SMILES string of the molecule is CCCCNC(=O)Cc1ccc2c(c1)CCOC2. The van der Waals surface area contributed by atoms with Crippen LogP contribution < -0.4 is 5.32 Å². The van der Waals surface area contributed by atoms with Gasteiger partial charge in [-0.2, -0.15) is 0 Å². The second-order valence-electron chi connectivity index (χ2n) is 4.79. The van der Waals surface area contributed by atoms with E-state index in [-0.39, 0.29) is 5.91 Å². The first-order valence-electron chi connectivity index (χ1n) is 6.74. The monoisotopic (exact) mass is 247 g/mol. The maximum Gasteiger partial charge on any atom is 0.224 e. The molecule has 0 fully saturated rings. The quantitative estimate of drug-likeness (QED) is 0.810. The van der Waals surface area contributed by atoms with Crippen LogP contribution in [0.2, 0.25) is 0 Å². The van der Waals surface area contributed by atoms with Gasteiger partial charge in [0.05, 0.1) is 19.6 Å². The molecule has 1 amide bonds. The highest BCUT2D eigenvalue weighted by molar-refractivity contribution is 5.78. The van der Waals surface area contributed by atoms with Gasteiger partial charge in [-0.3, -0.25) is 4.79 Å². The molecular formula is C15H21NO2. The normalized spacial score (nSPS) is 14.1. The number of carbonyl (C=O) groups is 1. The number of ether oxygens (including phenoxy) is 1. The molecular weight excluding hydrogens is 226 g/mol. The van der Waals surface area contributed by atoms with E-state index in [0.29, 0.717) is 13.0 Å². The number of unbranched alkanes of at least 4 members (excludes halogenated alkanes) is 1. The van der Waals surface area contributed by atoms with Crippen molar-refractivity contribution in [3.8, 4) is 0 Å². The Hall–Kier alpha value is -1.35. The number of benzene rings is 1. The zero-order chi connectivity index (χ0) is 12.8. The van der Waals surface area contributed by atoms with Gasteiger partial charge in [-0.1, -0.05) is 31.5 Å². The van der Waals surface area contributed by atoms with E-state index in [1.165, 1.54) is 11.1 Å². The molecule has 3 heteroatoms. The maximum atomic E-state index is 11.7. The maximum absolute atomic E-state index is 11.7. The van der Waals surface area contributed by atoms with Crippen molar-refractivity contribution in [2.45, 2.75) is 39.2 Å². The summed E-state index contributed by atoms with van der Waals surface area (Å²) in [5, 5.41) is 2.95. The molecule has 1 aliphatic heterocycles. The molecule has 2 rings (SSSR count). The van der Waals surface area contributed by atoms with Crippen LogP contribution in [0.5, 0.6) is 0 Å². The molecule has 1 aliphatic rings. The van der Waals surface area contributed by atoms with Crippen molar-refractivity contribution in [3.05, 3.63) is 34.9 Å². The van der Waals surface area contributed by atoms with Gasteiger partial charge >= 0.3 is 0 Å². The molecule has 1 heterocycles. The highest BCUT2D eigenvalue weighted by atomic mass is 16.5. The largest absolute Gasteiger partial charge is 0.376 e. The van der Waals surface area contributed by atoms with Crippen molar-refractivity contribution in [1.29, 1.82) is 0 Å². The second kappa shape index (κ2) is 6.55. The first kappa shape index (κ1) is 13.1. The lowest BCUT2D eigenvalue weighted by Crippen LogP contribution is -2.26. The first-order valence-corrected chi connectivity index (χ1v) is 6.74. The van der Waals surface area contributed by atoms with Crippen LogP contribution in [0.4, 0.5) is 0 Å². The van der Waals surface area contributed by atoms with Crippen LogP contribution in [0.25, 0.3) is 0 Å². The van der Waals surface area contributed by atoms with Crippen LogP contribution in [0, 0.1) is 0 Å². The van der Waals surface area contributed by atoms with E-state index < -0.39 is 0 Å². The summed E-state index contributed by atoms with van der Waals surface area (Å²) in [6.45, 7) is 4.41. The third-order valence-electron chi connectivity index (χ3n) is 3.26. The van der Waals surface area contributed by atoms with Gasteiger partial charge in [0, 0.05) is 6.54 Å². The lowest BCUT2D eigenvalue weighted by Gasteiger charge is -2.17. The number of nitrogens with one attached hydrogen (secondary N) is 1. The molecule has 1 N–H and O–H groups in total. The molecule has 0 saturated heterocycles. The Kier molecular flexibility index (Phi) is 4.76. The third kappa shape index (κ3) is 3.57. The minimum absolute atomic E-state index is 0.121. The van der Waals surface area contributed by atoms with E-state index in [0.717, 1.165) is 38.0 Å². The Morgan fingerprint density at radius 3 is 3.11 bits per heavy atom. The van der Waals surface area contributed by atoms with E-state index in [4.69, 9.17) is 4.74 Å². The van der Waals surface area contributed by atoms with Gasteiger partial charge in [0.15, 0.2) is 0 Å². The number of carbonyl (C=O) groups excluding carboxylic acids is 1. The molecule has 0 unspecified atom stereocenters. The van der Waals surface area contributed by atoms with Gasteiger partial charge in [-0.05, 0) is 29.5 Å². The van der Waals surface area contributed by atoms with Gasteiger partial charge < -0.3 is 10.1 Å². The summed E-state index contributed by atoms with van der Waals surface area (Å²) < 4.78 is 5.40. The highest BCUT2D eigenvalue weighted by Crippen LogP contribution is 2.18.